The summed E-state index contributed by atoms with van der Waals surface area (Å²) in [6, 6.07) is 27.4. The molecule has 4 atom stereocenters. The number of hydrogen-bond donors (Lipinski definition) is 0. The Hall–Kier alpha value is -3.79. The lowest BCUT2D eigenvalue weighted by atomic mass is 9.60. The molecule has 3 aromatic carbocycles. The Bertz CT molecular complexity index is 1340. The number of allylic oxidation sites excluding steroid dienone is 2. The molecule has 0 aromatic heterocycles. The first kappa shape index (κ1) is 22.7. The molecule has 0 radical (unpaired) electrons. The molecule has 2 aliphatic carbocycles. The third-order valence-corrected chi connectivity index (χ3v) is 8.85. The zero-order valence-corrected chi connectivity index (χ0v) is 20.8. The summed E-state index contributed by atoms with van der Waals surface area (Å²) in [5.41, 5.74) is 3.32. The second-order valence-corrected chi connectivity index (χ2v) is 10.3. The standard InChI is InChI=1S/C32H29NO3/c1-4-31-24(21-12-8-6-9-13-21)25(22-14-10-7-11-15-22)32(5-2,30(31)36)27-26(31)28(34)33(29(27)35)23-18-16-20(3)17-19-23/h6-19,26-27H,4-5H2,1-3H3/t26-,27-,31-,32-/m1/s1. The van der Waals surface area contributed by atoms with E-state index in [1.165, 1.54) is 4.90 Å². The van der Waals surface area contributed by atoms with Crippen LogP contribution in [-0.2, 0) is 14.4 Å². The van der Waals surface area contributed by atoms with Crippen molar-refractivity contribution in [1.29, 1.82) is 0 Å². The number of benzene rings is 3. The minimum Gasteiger partial charge on any atom is -0.298 e. The summed E-state index contributed by atoms with van der Waals surface area (Å²) >= 11 is 0. The van der Waals surface area contributed by atoms with Gasteiger partial charge in [-0.25, -0.2) is 4.90 Å². The highest BCUT2D eigenvalue weighted by Gasteiger charge is 2.80. The molecule has 3 aromatic rings. The molecule has 1 aliphatic heterocycles. The summed E-state index contributed by atoms with van der Waals surface area (Å²) in [6.07, 6.45) is 0.937. The number of carbonyl (C=O) groups is 3. The van der Waals surface area contributed by atoms with Crippen LogP contribution in [0.25, 0.3) is 11.1 Å². The average Bonchev–Trinajstić information content (AvgIpc) is 3.41. The van der Waals surface area contributed by atoms with Crippen LogP contribution in [-0.4, -0.2) is 17.6 Å². The van der Waals surface area contributed by atoms with Crippen molar-refractivity contribution in [3.63, 3.8) is 0 Å². The number of Topliss-reactive ketones (excluding diaryl/α,β-unsaturated/α-hetero) is 1. The van der Waals surface area contributed by atoms with Crippen molar-refractivity contribution < 1.29 is 14.4 Å². The maximum atomic E-state index is 14.7. The second-order valence-electron chi connectivity index (χ2n) is 10.3. The Morgan fingerprint density at radius 2 is 1.06 bits per heavy atom. The largest absolute Gasteiger partial charge is 0.298 e. The lowest BCUT2D eigenvalue weighted by Crippen LogP contribution is -2.41. The Morgan fingerprint density at radius 1 is 0.639 bits per heavy atom. The van der Waals surface area contributed by atoms with Gasteiger partial charge in [0.15, 0.2) is 5.78 Å². The van der Waals surface area contributed by atoms with Crippen LogP contribution in [0, 0.1) is 29.6 Å². The molecule has 1 saturated heterocycles. The minimum absolute atomic E-state index is 0.0398. The Labute approximate surface area is 211 Å². The van der Waals surface area contributed by atoms with Gasteiger partial charge in [0, 0.05) is 0 Å². The van der Waals surface area contributed by atoms with Gasteiger partial charge < -0.3 is 0 Å². The number of fused-ring (bicyclic) bond motifs is 5. The first-order valence-electron chi connectivity index (χ1n) is 12.8. The van der Waals surface area contributed by atoms with E-state index in [4.69, 9.17) is 0 Å². The molecule has 6 rings (SSSR count). The second kappa shape index (κ2) is 7.86. The summed E-state index contributed by atoms with van der Waals surface area (Å²) in [6.45, 7) is 5.96. The van der Waals surface area contributed by atoms with Gasteiger partial charge in [0.25, 0.3) is 0 Å². The van der Waals surface area contributed by atoms with Crippen molar-refractivity contribution in [3.8, 4) is 0 Å². The molecule has 3 aliphatic rings. The molecular formula is C32H29NO3. The molecule has 2 amide bonds. The van der Waals surface area contributed by atoms with Crippen molar-refractivity contribution in [3.05, 3.63) is 102 Å². The van der Waals surface area contributed by atoms with Gasteiger partial charge in [-0.15, -0.1) is 0 Å². The number of hydrogen-bond acceptors (Lipinski definition) is 3. The fourth-order valence-electron chi connectivity index (χ4n) is 7.40. The van der Waals surface area contributed by atoms with Crippen LogP contribution in [0.3, 0.4) is 0 Å². The average molecular weight is 476 g/mol. The maximum absolute atomic E-state index is 14.7. The van der Waals surface area contributed by atoms with E-state index in [-0.39, 0.29) is 17.6 Å². The number of rotatable bonds is 5. The summed E-state index contributed by atoms with van der Waals surface area (Å²) in [4.78, 5) is 44.4. The fraction of sp³-hybridized carbons (Fsp3) is 0.281. The van der Waals surface area contributed by atoms with E-state index < -0.39 is 22.7 Å². The summed E-state index contributed by atoms with van der Waals surface area (Å²) in [5, 5.41) is 0. The number of ketones is 1. The molecule has 180 valence electrons. The van der Waals surface area contributed by atoms with E-state index in [0.717, 1.165) is 27.8 Å². The molecule has 1 heterocycles. The summed E-state index contributed by atoms with van der Waals surface area (Å²) in [5.74, 6) is -1.87. The van der Waals surface area contributed by atoms with Crippen LogP contribution < -0.4 is 4.90 Å². The van der Waals surface area contributed by atoms with Crippen molar-refractivity contribution in [2.45, 2.75) is 33.6 Å². The van der Waals surface area contributed by atoms with Gasteiger partial charge in [-0.2, -0.15) is 0 Å². The van der Waals surface area contributed by atoms with E-state index in [1.807, 2.05) is 106 Å². The zero-order valence-electron chi connectivity index (χ0n) is 20.8. The molecule has 0 unspecified atom stereocenters. The topological polar surface area (TPSA) is 54.5 Å². The highest BCUT2D eigenvalue weighted by atomic mass is 16.2. The first-order chi connectivity index (χ1) is 17.4. The maximum Gasteiger partial charge on any atom is 0.239 e. The molecular weight excluding hydrogens is 446 g/mol. The molecule has 0 N–H and O–H groups in total. The van der Waals surface area contributed by atoms with Crippen LogP contribution in [0.4, 0.5) is 5.69 Å². The molecule has 2 bridgehead atoms. The quantitative estimate of drug-likeness (QED) is 0.419. The Kier molecular flexibility index (Phi) is 4.95. The van der Waals surface area contributed by atoms with E-state index in [1.54, 1.807) is 0 Å². The van der Waals surface area contributed by atoms with Gasteiger partial charge in [-0.3, -0.25) is 14.4 Å². The minimum atomic E-state index is -1.04. The number of amides is 2. The van der Waals surface area contributed by atoms with E-state index in [2.05, 4.69) is 0 Å². The monoisotopic (exact) mass is 475 g/mol. The van der Waals surface area contributed by atoms with E-state index >= 15 is 0 Å². The highest BCUT2D eigenvalue weighted by molar-refractivity contribution is 6.34. The van der Waals surface area contributed by atoms with E-state index in [9.17, 15) is 14.4 Å². The normalized spacial score (nSPS) is 28.9. The van der Waals surface area contributed by atoms with Crippen LogP contribution in [0.1, 0.15) is 43.4 Å². The van der Waals surface area contributed by atoms with E-state index in [0.29, 0.717) is 18.5 Å². The predicted molar refractivity (Wildman–Crippen MR) is 141 cm³/mol. The smallest absolute Gasteiger partial charge is 0.239 e. The van der Waals surface area contributed by atoms with Gasteiger partial charge in [0.2, 0.25) is 11.8 Å². The Morgan fingerprint density at radius 3 is 1.44 bits per heavy atom. The van der Waals surface area contributed by atoms with Gasteiger partial charge in [0.05, 0.1) is 28.4 Å². The van der Waals surface area contributed by atoms with Crippen molar-refractivity contribution >= 4 is 34.4 Å². The number of anilines is 1. The third kappa shape index (κ3) is 2.57. The first-order valence-corrected chi connectivity index (χ1v) is 12.8. The Balaban J connectivity index is 1.67. The number of carbonyl (C=O) groups excluding carboxylic acids is 3. The highest BCUT2D eigenvalue weighted by Crippen LogP contribution is 2.75. The van der Waals surface area contributed by atoms with Crippen molar-refractivity contribution in [2.24, 2.45) is 22.7 Å². The molecule has 4 heteroatoms. The van der Waals surface area contributed by atoms with Crippen LogP contribution in [0.2, 0.25) is 0 Å². The molecule has 1 saturated carbocycles. The molecule has 0 spiro atoms. The van der Waals surface area contributed by atoms with Gasteiger partial charge in [-0.05, 0) is 54.2 Å². The predicted octanol–water partition coefficient (Wildman–Crippen LogP) is 6.10. The van der Waals surface area contributed by atoms with Crippen LogP contribution >= 0.6 is 0 Å². The lowest BCUT2D eigenvalue weighted by molar-refractivity contribution is -0.134. The number of imide groups is 1. The third-order valence-electron chi connectivity index (χ3n) is 8.85. The van der Waals surface area contributed by atoms with Gasteiger partial charge in [0.1, 0.15) is 0 Å². The van der Waals surface area contributed by atoms with Gasteiger partial charge in [-0.1, -0.05) is 92.2 Å². The SMILES string of the molecule is CC[C@@]12C(=O)[C@](CC)(C(c3ccccc3)=C1c1ccccc1)[C@H]1C(=O)N(c3ccc(C)cc3)C(=O)[C@@H]12. The van der Waals surface area contributed by atoms with Gasteiger partial charge >= 0.3 is 0 Å². The van der Waals surface area contributed by atoms with Crippen LogP contribution in [0.5, 0.6) is 0 Å². The molecule has 4 nitrogen and oxygen atoms in total. The molecule has 36 heavy (non-hydrogen) atoms. The summed E-state index contributed by atoms with van der Waals surface area (Å²) < 4.78 is 0. The molecule has 2 fully saturated rings. The lowest BCUT2D eigenvalue weighted by Gasteiger charge is -2.38. The van der Waals surface area contributed by atoms with Crippen molar-refractivity contribution in [1.82, 2.24) is 0 Å². The zero-order chi connectivity index (χ0) is 25.2. The number of aryl methyl sites for hydroxylation is 1. The fourth-order valence-corrected chi connectivity index (χ4v) is 7.40. The van der Waals surface area contributed by atoms with Crippen LogP contribution in [0.15, 0.2) is 84.9 Å². The van der Waals surface area contributed by atoms with Crippen molar-refractivity contribution in [2.75, 3.05) is 4.90 Å². The number of nitrogens with zero attached hydrogens (tertiary/aromatic N) is 1. The summed E-state index contributed by atoms with van der Waals surface area (Å²) in [7, 11) is 0.